The average molecular weight is 338 g/mol. The number of halogens is 1. The number of nitrogens with zero attached hydrogens (tertiary/aromatic N) is 3. The molecule has 0 saturated heterocycles. The number of hydrogen-bond donors (Lipinski definition) is 2. The number of methoxy groups -OCH3 is 1. The van der Waals surface area contributed by atoms with Gasteiger partial charge in [0, 0.05) is 0 Å². The largest absolute Gasteiger partial charge is 0.491 e. The number of H-pyrrole nitrogens is 1. The van der Waals surface area contributed by atoms with Crippen molar-refractivity contribution in [1.29, 1.82) is 0 Å². The third-order valence-corrected chi connectivity index (χ3v) is 3.06. The summed E-state index contributed by atoms with van der Waals surface area (Å²) < 4.78 is 10.7. The fourth-order valence-corrected chi connectivity index (χ4v) is 2.03. The Bertz CT molecular complexity index is 775. The quantitative estimate of drug-likeness (QED) is 0.617. The van der Waals surface area contributed by atoms with Gasteiger partial charge in [0.2, 0.25) is 5.95 Å². The molecular weight excluding hydrogens is 322 g/mol. The number of hydrazone groups is 1. The highest BCUT2D eigenvalue weighted by Crippen LogP contribution is 2.35. The number of nitrogens with one attached hydrogen (secondary N) is 2. The topological polar surface area (TPSA) is 101 Å². The predicted molar refractivity (Wildman–Crippen MR) is 87.8 cm³/mol. The van der Waals surface area contributed by atoms with Gasteiger partial charge in [-0.15, -0.1) is 10.2 Å². The highest BCUT2D eigenvalue weighted by Gasteiger charge is 2.10. The molecule has 9 heteroatoms. The standard InChI is InChI=1S/C14H16ClN5O3/c1-4-23-11-6-9(5-10(15)12(11)22-3)7-16-19-14-17-13(21)8(2)18-20-14/h5-7H,4H2,1-3H3,(H2,17,19,20,21)/b16-7-. The van der Waals surface area contributed by atoms with Gasteiger partial charge in [-0.3, -0.25) is 9.78 Å². The molecule has 2 rings (SSSR count). The van der Waals surface area contributed by atoms with Crippen LogP contribution in [0.5, 0.6) is 11.5 Å². The lowest BCUT2D eigenvalue weighted by Crippen LogP contribution is -2.15. The second-order valence-corrected chi connectivity index (χ2v) is 4.83. The summed E-state index contributed by atoms with van der Waals surface area (Å²) in [5, 5.41) is 11.8. The summed E-state index contributed by atoms with van der Waals surface area (Å²) >= 11 is 6.15. The molecule has 0 aliphatic rings. The number of aryl methyl sites for hydroxylation is 1. The van der Waals surface area contributed by atoms with E-state index in [2.05, 4.69) is 25.7 Å². The Morgan fingerprint density at radius 3 is 2.87 bits per heavy atom. The Kier molecular flexibility index (Phi) is 5.53. The molecule has 2 aromatic rings. The Labute approximate surface area is 137 Å². The fourth-order valence-electron chi connectivity index (χ4n) is 1.74. The van der Waals surface area contributed by atoms with Crippen LogP contribution in [0, 0.1) is 6.92 Å². The van der Waals surface area contributed by atoms with Crippen LogP contribution in [0.15, 0.2) is 22.0 Å². The first kappa shape index (κ1) is 16.8. The third kappa shape index (κ3) is 4.19. The van der Waals surface area contributed by atoms with Gasteiger partial charge in [-0.25, -0.2) is 5.43 Å². The highest BCUT2D eigenvalue weighted by molar-refractivity contribution is 6.32. The van der Waals surface area contributed by atoms with Crippen molar-refractivity contribution in [3.05, 3.63) is 38.8 Å². The zero-order valence-corrected chi connectivity index (χ0v) is 13.6. The van der Waals surface area contributed by atoms with E-state index >= 15 is 0 Å². The predicted octanol–water partition coefficient (Wildman–Crippen LogP) is 1.98. The summed E-state index contributed by atoms with van der Waals surface area (Å²) in [7, 11) is 1.52. The lowest BCUT2D eigenvalue weighted by Gasteiger charge is -2.11. The van der Waals surface area contributed by atoms with Gasteiger partial charge >= 0.3 is 0 Å². The van der Waals surface area contributed by atoms with Crippen LogP contribution in [0.4, 0.5) is 5.95 Å². The zero-order chi connectivity index (χ0) is 16.8. The lowest BCUT2D eigenvalue weighted by atomic mass is 10.2. The Balaban J connectivity index is 2.18. The van der Waals surface area contributed by atoms with Crippen molar-refractivity contribution < 1.29 is 9.47 Å². The van der Waals surface area contributed by atoms with E-state index in [1.54, 1.807) is 19.1 Å². The molecule has 0 aliphatic heterocycles. The number of rotatable bonds is 6. The normalized spacial score (nSPS) is 10.8. The molecule has 122 valence electrons. The first-order chi connectivity index (χ1) is 11.0. The highest BCUT2D eigenvalue weighted by atomic mass is 35.5. The maximum atomic E-state index is 11.4. The van der Waals surface area contributed by atoms with Crippen LogP contribution in [0.25, 0.3) is 0 Å². The van der Waals surface area contributed by atoms with Gasteiger partial charge in [0.1, 0.15) is 5.69 Å². The van der Waals surface area contributed by atoms with E-state index in [0.29, 0.717) is 28.7 Å². The summed E-state index contributed by atoms with van der Waals surface area (Å²) in [6, 6.07) is 3.42. The number of hydrogen-bond acceptors (Lipinski definition) is 7. The van der Waals surface area contributed by atoms with Gasteiger partial charge in [-0.05, 0) is 31.5 Å². The van der Waals surface area contributed by atoms with Crippen molar-refractivity contribution in [1.82, 2.24) is 15.2 Å². The molecule has 0 saturated carbocycles. The van der Waals surface area contributed by atoms with Crippen molar-refractivity contribution in [2.75, 3.05) is 19.1 Å². The van der Waals surface area contributed by atoms with E-state index in [0.717, 1.165) is 0 Å². The van der Waals surface area contributed by atoms with E-state index in [9.17, 15) is 4.79 Å². The Hall–Kier alpha value is -2.61. The first-order valence-corrected chi connectivity index (χ1v) is 7.16. The second-order valence-electron chi connectivity index (χ2n) is 4.43. The monoisotopic (exact) mass is 337 g/mol. The number of aromatic amines is 1. The Morgan fingerprint density at radius 2 is 2.22 bits per heavy atom. The molecule has 0 aliphatic carbocycles. The van der Waals surface area contributed by atoms with Crippen molar-refractivity contribution >= 4 is 23.8 Å². The minimum atomic E-state index is -0.330. The van der Waals surface area contributed by atoms with E-state index in [1.165, 1.54) is 13.3 Å². The molecule has 0 atom stereocenters. The van der Waals surface area contributed by atoms with Crippen LogP contribution >= 0.6 is 11.6 Å². The average Bonchev–Trinajstić information content (AvgIpc) is 2.51. The third-order valence-electron chi connectivity index (χ3n) is 2.78. The Morgan fingerprint density at radius 1 is 1.43 bits per heavy atom. The van der Waals surface area contributed by atoms with Gasteiger partial charge in [-0.1, -0.05) is 11.6 Å². The van der Waals surface area contributed by atoms with Crippen LogP contribution in [0.3, 0.4) is 0 Å². The molecule has 8 nitrogen and oxygen atoms in total. The van der Waals surface area contributed by atoms with Gasteiger partial charge in [0.25, 0.3) is 5.56 Å². The molecule has 0 fully saturated rings. The van der Waals surface area contributed by atoms with Gasteiger partial charge in [0.15, 0.2) is 11.5 Å². The van der Waals surface area contributed by atoms with Crippen LogP contribution < -0.4 is 20.5 Å². The van der Waals surface area contributed by atoms with E-state index in [-0.39, 0.29) is 17.2 Å². The van der Waals surface area contributed by atoms with E-state index in [4.69, 9.17) is 21.1 Å². The first-order valence-electron chi connectivity index (χ1n) is 6.78. The van der Waals surface area contributed by atoms with Crippen molar-refractivity contribution in [2.24, 2.45) is 5.10 Å². The van der Waals surface area contributed by atoms with Crippen molar-refractivity contribution in [2.45, 2.75) is 13.8 Å². The minimum absolute atomic E-state index is 0.140. The number of anilines is 1. The fraction of sp³-hybridized carbons (Fsp3) is 0.286. The van der Waals surface area contributed by atoms with Crippen molar-refractivity contribution in [3.63, 3.8) is 0 Å². The van der Waals surface area contributed by atoms with E-state index < -0.39 is 0 Å². The second kappa shape index (κ2) is 7.59. The van der Waals surface area contributed by atoms with Crippen molar-refractivity contribution in [3.8, 4) is 11.5 Å². The van der Waals surface area contributed by atoms with Gasteiger partial charge in [0.05, 0.1) is 25.0 Å². The van der Waals surface area contributed by atoms with Crippen LogP contribution in [0.2, 0.25) is 5.02 Å². The molecule has 0 radical (unpaired) electrons. The summed E-state index contributed by atoms with van der Waals surface area (Å²) in [5.41, 5.74) is 3.23. The maximum Gasteiger partial charge on any atom is 0.274 e. The van der Waals surface area contributed by atoms with E-state index in [1.807, 2.05) is 6.92 Å². The number of ether oxygens (including phenoxy) is 2. The molecule has 1 heterocycles. The summed E-state index contributed by atoms with van der Waals surface area (Å²) in [6.07, 6.45) is 1.51. The number of aromatic nitrogens is 3. The summed E-state index contributed by atoms with van der Waals surface area (Å²) in [4.78, 5) is 13.9. The summed E-state index contributed by atoms with van der Waals surface area (Å²) in [6.45, 7) is 3.90. The molecule has 0 unspecified atom stereocenters. The molecule has 0 bridgehead atoms. The molecule has 1 aromatic heterocycles. The molecule has 1 aromatic carbocycles. The minimum Gasteiger partial charge on any atom is -0.491 e. The molecule has 0 spiro atoms. The smallest absolute Gasteiger partial charge is 0.274 e. The lowest BCUT2D eigenvalue weighted by molar-refractivity contribution is 0.311. The molecule has 0 amide bonds. The molecule has 2 N–H and O–H groups in total. The summed E-state index contributed by atoms with van der Waals surface area (Å²) in [5.74, 6) is 1.13. The molecule has 23 heavy (non-hydrogen) atoms. The number of benzene rings is 1. The maximum absolute atomic E-state index is 11.4. The SMILES string of the molecule is CCOc1cc(/C=N\Nc2nnc(C)c(=O)[nH]2)cc(Cl)c1OC. The van der Waals surface area contributed by atoms with Gasteiger partial charge in [-0.2, -0.15) is 5.10 Å². The molecular formula is C14H16ClN5O3. The van der Waals surface area contributed by atoms with Gasteiger partial charge < -0.3 is 9.47 Å². The van der Waals surface area contributed by atoms with Crippen LogP contribution in [-0.2, 0) is 0 Å². The zero-order valence-electron chi connectivity index (χ0n) is 12.9. The van der Waals surface area contributed by atoms with Crippen LogP contribution in [-0.4, -0.2) is 35.1 Å². The van der Waals surface area contributed by atoms with Crippen LogP contribution in [0.1, 0.15) is 18.2 Å².